The Labute approximate surface area is 104 Å². The van der Waals surface area contributed by atoms with Gasteiger partial charge < -0.3 is 10.6 Å². The highest BCUT2D eigenvalue weighted by molar-refractivity contribution is 5.15. The van der Waals surface area contributed by atoms with Crippen molar-refractivity contribution in [3.8, 4) is 0 Å². The molecule has 2 heteroatoms. The molecule has 0 spiro atoms. The van der Waals surface area contributed by atoms with Crippen molar-refractivity contribution in [3.63, 3.8) is 0 Å². The lowest BCUT2D eigenvalue weighted by Gasteiger charge is -2.31. The van der Waals surface area contributed by atoms with Crippen LogP contribution < -0.4 is 10.6 Å². The zero-order valence-electron chi connectivity index (χ0n) is 10.4. The maximum atomic E-state index is 3.79. The van der Waals surface area contributed by atoms with Gasteiger partial charge in [-0.25, -0.2) is 0 Å². The molecule has 0 aromatic heterocycles. The van der Waals surface area contributed by atoms with Gasteiger partial charge in [-0.2, -0.15) is 0 Å². The highest BCUT2D eigenvalue weighted by Gasteiger charge is 2.38. The molecule has 2 aliphatic rings. The fourth-order valence-electron chi connectivity index (χ4n) is 3.45. The van der Waals surface area contributed by atoms with Gasteiger partial charge >= 0.3 is 0 Å². The van der Waals surface area contributed by atoms with Gasteiger partial charge in [0.05, 0.1) is 0 Å². The minimum absolute atomic E-state index is 0.778. The zero-order valence-corrected chi connectivity index (χ0v) is 10.4. The van der Waals surface area contributed by atoms with E-state index in [-0.39, 0.29) is 0 Å². The Hall–Kier alpha value is -0.860. The van der Waals surface area contributed by atoms with E-state index < -0.39 is 0 Å². The molecule has 2 unspecified atom stereocenters. The molecule has 0 amide bonds. The highest BCUT2D eigenvalue weighted by atomic mass is 15.0. The van der Waals surface area contributed by atoms with E-state index in [9.17, 15) is 0 Å². The van der Waals surface area contributed by atoms with Crippen molar-refractivity contribution in [1.29, 1.82) is 0 Å². The molecular weight excluding hydrogens is 208 g/mol. The molecule has 1 saturated heterocycles. The molecule has 17 heavy (non-hydrogen) atoms. The lowest BCUT2D eigenvalue weighted by atomic mass is 9.93. The minimum Gasteiger partial charge on any atom is -0.316 e. The summed E-state index contributed by atoms with van der Waals surface area (Å²) in [5, 5.41) is 7.34. The van der Waals surface area contributed by atoms with Gasteiger partial charge in [-0.3, -0.25) is 0 Å². The van der Waals surface area contributed by atoms with Crippen LogP contribution in [-0.2, 0) is 6.42 Å². The largest absolute Gasteiger partial charge is 0.316 e. The third-order valence-corrected chi connectivity index (χ3v) is 4.37. The van der Waals surface area contributed by atoms with E-state index in [1.807, 2.05) is 0 Å². The van der Waals surface area contributed by atoms with E-state index >= 15 is 0 Å². The van der Waals surface area contributed by atoms with Gasteiger partial charge in [0.1, 0.15) is 0 Å². The fourth-order valence-corrected chi connectivity index (χ4v) is 3.45. The maximum Gasteiger partial charge on any atom is 0.0148 e. The topological polar surface area (TPSA) is 24.1 Å². The third-order valence-electron chi connectivity index (χ3n) is 4.37. The molecule has 2 N–H and O–H groups in total. The van der Waals surface area contributed by atoms with E-state index in [0.717, 1.165) is 30.8 Å². The average molecular weight is 230 g/mol. The maximum absolute atomic E-state index is 3.79. The van der Waals surface area contributed by atoms with Crippen LogP contribution in [0, 0.1) is 11.8 Å². The normalized spacial score (nSPS) is 31.6. The molecule has 1 aliphatic carbocycles. The summed E-state index contributed by atoms with van der Waals surface area (Å²) in [6.07, 6.45) is 3.99. The second-order valence-corrected chi connectivity index (χ2v) is 5.47. The number of hydrogen-bond acceptors (Lipinski definition) is 2. The Kier molecular flexibility index (Phi) is 3.44. The summed E-state index contributed by atoms with van der Waals surface area (Å²) in [5.41, 5.74) is 1.45. The average Bonchev–Trinajstić information content (AvgIpc) is 2.61. The van der Waals surface area contributed by atoms with Crippen molar-refractivity contribution in [2.75, 3.05) is 19.6 Å². The number of piperidine rings is 1. The van der Waals surface area contributed by atoms with Crippen molar-refractivity contribution < 1.29 is 0 Å². The summed E-state index contributed by atoms with van der Waals surface area (Å²) < 4.78 is 0. The summed E-state index contributed by atoms with van der Waals surface area (Å²) in [5.74, 6) is 1.76. The minimum atomic E-state index is 0.778. The van der Waals surface area contributed by atoms with E-state index in [1.54, 1.807) is 0 Å². The van der Waals surface area contributed by atoms with Crippen molar-refractivity contribution in [1.82, 2.24) is 10.6 Å². The van der Waals surface area contributed by atoms with Crippen molar-refractivity contribution in [3.05, 3.63) is 35.9 Å². The quantitative estimate of drug-likeness (QED) is 0.824. The number of nitrogens with one attached hydrogen (secondary N) is 2. The lowest BCUT2D eigenvalue weighted by molar-refractivity contribution is 0.273. The van der Waals surface area contributed by atoms with Gasteiger partial charge in [0.15, 0.2) is 0 Å². The first kappa shape index (κ1) is 11.2. The van der Waals surface area contributed by atoms with Gasteiger partial charge in [-0.1, -0.05) is 30.3 Å². The number of benzene rings is 1. The van der Waals surface area contributed by atoms with Crippen LogP contribution in [0.15, 0.2) is 30.3 Å². The number of hydrogen-bond donors (Lipinski definition) is 2. The van der Waals surface area contributed by atoms with Gasteiger partial charge in [0.2, 0.25) is 0 Å². The van der Waals surface area contributed by atoms with Gasteiger partial charge in [-0.15, -0.1) is 0 Å². The Morgan fingerprint density at radius 3 is 2.47 bits per heavy atom. The first-order chi connectivity index (χ1) is 8.43. The van der Waals surface area contributed by atoms with Crippen molar-refractivity contribution >= 4 is 0 Å². The Balaban J connectivity index is 1.49. The molecule has 0 radical (unpaired) electrons. The van der Waals surface area contributed by atoms with Crippen LogP contribution >= 0.6 is 0 Å². The Bertz CT molecular complexity index is 333. The molecule has 1 aliphatic heterocycles. The molecule has 1 aromatic carbocycles. The van der Waals surface area contributed by atoms with Crippen LogP contribution in [0.25, 0.3) is 0 Å². The molecule has 2 fully saturated rings. The van der Waals surface area contributed by atoms with Gasteiger partial charge in [0, 0.05) is 6.04 Å². The molecular formula is C15H22N2. The number of fused-ring (bicyclic) bond motifs is 2. The molecule has 2 bridgehead atoms. The summed E-state index contributed by atoms with van der Waals surface area (Å²) in [4.78, 5) is 0. The molecule has 1 aromatic rings. The molecule has 2 nitrogen and oxygen atoms in total. The van der Waals surface area contributed by atoms with Crippen molar-refractivity contribution in [2.45, 2.75) is 25.3 Å². The predicted octanol–water partition coefficient (Wildman–Crippen LogP) is 1.82. The summed E-state index contributed by atoms with van der Waals surface area (Å²) >= 11 is 0. The summed E-state index contributed by atoms with van der Waals surface area (Å²) in [6.45, 7) is 3.57. The predicted molar refractivity (Wildman–Crippen MR) is 71.0 cm³/mol. The smallest absolute Gasteiger partial charge is 0.0148 e. The highest BCUT2D eigenvalue weighted by Crippen LogP contribution is 2.33. The van der Waals surface area contributed by atoms with E-state index in [2.05, 4.69) is 41.0 Å². The standard InChI is InChI=1S/C15H22N2/c1-2-4-12(5-3-1)8-9-17-15-13-6-7-14(15)11-16-10-13/h1-5,13-17H,6-11H2. The second-order valence-electron chi connectivity index (χ2n) is 5.47. The molecule has 1 heterocycles. The summed E-state index contributed by atoms with van der Waals surface area (Å²) in [6, 6.07) is 11.6. The molecule has 92 valence electrons. The lowest BCUT2D eigenvalue weighted by Crippen LogP contribution is -2.49. The first-order valence-electron chi connectivity index (χ1n) is 6.91. The van der Waals surface area contributed by atoms with Crippen LogP contribution in [0.3, 0.4) is 0 Å². The van der Waals surface area contributed by atoms with Crippen LogP contribution in [0.2, 0.25) is 0 Å². The van der Waals surface area contributed by atoms with Gasteiger partial charge in [0.25, 0.3) is 0 Å². The van der Waals surface area contributed by atoms with Crippen LogP contribution in [-0.4, -0.2) is 25.7 Å². The van der Waals surface area contributed by atoms with Crippen LogP contribution in [0.5, 0.6) is 0 Å². The fraction of sp³-hybridized carbons (Fsp3) is 0.600. The Morgan fingerprint density at radius 2 is 1.76 bits per heavy atom. The number of rotatable bonds is 4. The summed E-state index contributed by atoms with van der Waals surface area (Å²) in [7, 11) is 0. The van der Waals surface area contributed by atoms with Crippen LogP contribution in [0.4, 0.5) is 0 Å². The van der Waals surface area contributed by atoms with E-state index in [4.69, 9.17) is 0 Å². The molecule has 2 atom stereocenters. The van der Waals surface area contributed by atoms with E-state index in [0.29, 0.717) is 0 Å². The molecule has 1 saturated carbocycles. The zero-order chi connectivity index (χ0) is 11.5. The van der Waals surface area contributed by atoms with Gasteiger partial charge in [-0.05, 0) is 56.3 Å². The molecule has 3 rings (SSSR count). The first-order valence-corrected chi connectivity index (χ1v) is 6.91. The second kappa shape index (κ2) is 5.19. The SMILES string of the molecule is c1ccc(CCNC2C3CCC2CNC3)cc1. The Morgan fingerprint density at radius 1 is 1.06 bits per heavy atom. The monoisotopic (exact) mass is 230 g/mol. The van der Waals surface area contributed by atoms with Crippen LogP contribution in [0.1, 0.15) is 18.4 Å². The third kappa shape index (κ3) is 2.53. The van der Waals surface area contributed by atoms with Crippen molar-refractivity contribution in [2.24, 2.45) is 11.8 Å². The van der Waals surface area contributed by atoms with E-state index in [1.165, 1.54) is 31.5 Å².